The number of likely N-dealkylation sites (N-methyl/N-ethyl adjacent to an activating group) is 1. The molecule has 2 heterocycles. The van der Waals surface area contributed by atoms with Gasteiger partial charge < -0.3 is 15.8 Å². The van der Waals surface area contributed by atoms with Crippen LogP contribution in [0.25, 0.3) is 11.0 Å². The monoisotopic (exact) mass is 302 g/mol. The number of ether oxygens (including phenoxy) is 1. The van der Waals surface area contributed by atoms with Crippen molar-refractivity contribution in [2.45, 2.75) is 19.4 Å². The molecule has 0 atom stereocenters. The van der Waals surface area contributed by atoms with Crippen LogP contribution in [0.3, 0.4) is 0 Å². The van der Waals surface area contributed by atoms with Gasteiger partial charge in [0.05, 0.1) is 11.9 Å². The Morgan fingerprint density at radius 1 is 1.50 bits per heavy atom. The van der Waals surface area contributed by atoms with Gasteiger partial charge in [0.15, 0.2) is 12.4 Å². The number of hydrogen-bond acceptors (Lipinski definition) is 5. The minimum atomic E-state index is -0.293. The number of nitrogen functional groups attached to an aromatic ring is 1. The minimum Gasteiger partial charge on any atom is -0.478 e. The van der Waals surface area contributed by atoms with Crippen molar-refractivity contribution >= 4 is 22.6 Å². The summed E-state index contributed by atoms with van der Waals surface area (Å²) in [4.78, 5) is 28.2. The number of hydrogen-bond donors (Lipinski definition) is 2. The fourth-order valence-electron chi connectivity index (χ4n) is 2.30. The second-order valence-corrected chi connectivity index (χ2v) is 5.51. The average Bonchev–Trinajstić information content (AvgIpc) is 3.32. The molecular weight excluding hydrogens is 284 g/mol. The largest absolute Gasteiger partial charge is 0.478 e. The van der Waals surface area contributed by atoms with E-state index in [-0.39, 0.29) is 23.8 Å². The number of pyridine rings is 2. The van der Waals surface area contributed by atoms with Crippen LogP contribution in [-0.2, 0) is 11.3 Å². The van der Waals surface area contributed by atoms with E-state index in [4.69, 9.17) is 10.5 Å². The van der Waals surface area contributed by atoms with Crippen molar-refractivity contribution in [2.24, 2.45) is 5.92 Å². The lowest BCUT2D eigenvalue weighted by Crippen LogP contribution is -2.29. The van der Waals surface area contributed by atoms with Crippen molar-refractivity contribution in [3.8, 4) is 5.75 Å². The number of fused-ring (bicyclic) bond motifs is 1. The van der Waals surface area contributed by atoms with Crippen LogP contribution < -0.4 is 21.3 Å². The first-order valence-electron chi connectivity index (χ1n) is 7.21. The molecule has 1 fully saturated rings. The molecule has 1 aliphatic carbocycles. The molecule has 3 rings (SSSR count). The molecule has 0 unspecified atom stereocenters. The molecule has 2 aromatic heterocycles. The topological polar surface area (TPSA) is 99.2 Å². The molecule has 1 saturated carbocycles. The van der Waals surface area contributed by atoms with E-state index in [0.717, 1.165) is 18.2 Å². The number of amides is 1. The normalized spacial score (nSPS) is 14.0. The molecule has 3 N–H and O–H groups in total. The number of nitrogens with zero attached hydrogens (tertiary/aromatic N) is 2. The van der Waals surface area contributed by atoms with Crippen LogP contribution in [0.5, 0.6) is 5.75 Å². The maximum absolute atomic E-state index is 12.6. The molecule has 1 amide bonds. The smallest absolute Gasteiger partial charge is 0.294 e. The minimum absolute atomic E-state index is 0.143. The van der Waals surface area contributed by atoms with E-state index in [9.17, 15) is 9.59 Å². The van der Waals surface area contributed by atoms with Crippen molar-refractivity contribution < 1.29 is 9.53 Å². The predicted molar refractivity (Wildman–Crippen MR) is 82.7 cm³/mol. The Morgan fingerprint density at radius 2 is 2.27 bits per heavy atom. The number of carbonyl (C=O) groups is 1. The number of anilines is 1. The van der Waals surface area contributed by atoms with Crippen molar-refractivity contribution in [1.82, 2.24) is 14.9 Å². The third kappa shape index (κ3) is 2.88. The summed E-state index contributed by atoms with van der Waals surface area (Å²) in [6.45, 7) is 0.417. The second-order valence-electron chi connectivity index (χ2n) is 5.51. The highest BCUT2D eigenvalue weighted by Crippen LogP contribution is 2.31. The second kappa shape index (κ2) is 5.67. The van der Waals surface area contributed by atoms with Crippen LogP contribution in [0.2, 0.25) is 0 Å². The van der Waals surface area contributed by atoms with Crippen molar-refractivity contribution in [3.63, 3.8) is 0 Å². The third-order valence-electron chi connectivity index (χ3n) is 3.69. The zero-order chi connectivity index (χ0) is 15.7. The van der Waals surface area contributed by atoms with Gasteiger partial charge in [-0.15, -0.1) is 0 Å². The van der Waals surface area contributed by atoms with E-state index in [1.54, 1.807) is 16.7 Å². The summed E-state index contributed by atoms with van der Waals surface area (Å²) in [6.07, 6.45) is 3.77. The number of nitrogens with one attached hydrogen (secondary N) is 1. The first kappa shape index (κ1) is 14.4. The van der Waals surface area contributed by atoms with Crippen molar-refractivity contribution in [3.05, 3.63) is 28.7 Å². The molecule has 2 aromatic rings. The molecule has 0 aliphatic heterocycles. The number of carbonyl (C=O) groups excluding carboxylic acids is 1. The van der Waals surface area contributed by atoms with Crippen LogP contribution in [0, 0.1) is 5.92 Å². The van der Waals surface area contributed by atoms with Gasteiger partial charge in [-0.25, -0.2) is 4.98 Å². The van der Waals surface area contributed by atoms with Gasteiger partial charge in [0.25, 0.3) is 11.5 Å². The Morgan fingerprint density at radius 3 is 2.95 bits per heavy atom. The molecule has 22 heavy (non-hydrogen) atoms. The Kier molecular flexibility index (Phi) is 3.70. The molecule has 0 saturated heterocycles. The van der Waals surface area contributed by atoms with Gasteiger partial charge in [-0.1, -0.05) is 0 Å². The Balaban J connectivity index is 2.05. The average molecular weight is 302 g/mol. The van der Waals surface area contributed by atoms with Gasteiger partial charge in [0, 0.05) is 19.0 Å². The molecule has 1 aliphatic rings. The van der Waals surface area contributed by atoms with E-state index in [0.29, 0.717) is 23.8 Å². The fraction of sp³-hybridized carbons (Fsp3) is 0.400. The number of nitrogens with two attached hydrogens (primary N) is 1. The van der Waals surface area contributed by atoms with Crippen LogP contribution in [0.1, 0.15) is 12.8 Å². The zero-order valence-electron chi connectivity index (χ0n) is 12.3. The predicted octanol–water partition coefficient (Wildman–Crippen LogP) is 0.513. The van der Waals surface area contributed by atoms with Crippen molar-refractivity contribution in [1.29, 1.82) is 0 Å². The lowest BCUT2D eigenvalue weighted by molar-refractivity contribution is -0.122. The van der Waals surface area contributed by atoms with Gasteiger partial charge in [0.2, 0.25) is 0 Å². The molecular formula is C15H18N4O3. The first-order valence-corrected chi connectivity index (χ1v) is 7.21. The van der Waals surface area contributed by atoms with E-state index >= 15 is 0 Å². The number of aromatic nitrogens is 2. The summed E-state index contributed by atoms with van der Waals surface area (Å²) < 4.78 is 6.98. The Labute approximate surface area is 127 Å². The summed E-state index contributed by atoms with van der Waals surface area (Å²) in [5.41, 5.74) is 6.61. The quantitative estimate of drug-likeness (QED) is 0.838. The summed E-state index contributed by atoms with van der Waals surface area (Å²) in [6, 6.07) is 3.34. The molecule has 0 spiro atoms. The van der Waals surface area contributed by atoms with Gasteiger partial charge >= 0.3 is 0 Å². The molecule has 116 valence electrons. The van der Waals surface area contributed by atoms with Crippen LogP contribution >= 0.6 is 0 Å². The van der Waals surface area contributed by atoms with Crippen LogP contribution in [-0.4, -0.2) is 29.1 Å². The lowest BCUT2D eigenvalue weighted by Gasteiger charge is -2.12. The molecule has 0 aromatic carbocycles. The van der Waals surface area contributed by atoms with Crippen molar-refractivity contribution in [2.75, 3.05) is 19.4 Å². The third-order valence-corrected chi connectivity index (χ3v) is 3.69. The highest BCUT2D eigenvalue weighted by atomic mass is 16.5. The van der Waals surface area contributed by atoms with Crippen LogP contribution in [0.15, 0.2) is 23.1 Å². The van der Waals surface area contributed by atoms with E-state index in [2.05, 4.69) is 10.3 Å². The zero-order valence-corrected chi connectivity index (χ0v) is 12.3. The highest BCUT2D eigenvalue weighted by Gasteiger charge is 2.24. The highest BCUT2D eigenvalue weighted by molar-refractivity contribution is 5.80. The molecule has 7 nitrogen and oxygen atoms in total. The Bertz CT molecular complexity index is 780. The van der Waals surface area contributed by atoms with Gasteiger partial charge in [-0.05, 0) is 30.9 Å². The SMILES string of the molecule is CNC(=O)COc1cc2cc(N)cnc2n(CC2CC2)c1=O. The standard InChI is InChI=1S/C15H18N4O3/c1-17-13(20)8-22-12-5-10-4-11(16)6-18-14(10)19(15(12)21)7-9-2-3-9/h4-6,9H,2-3,7-8,16H2,1H3,(H,17,20). The number of rotatable bonds is 5. The van der Waals surface area contributed by atoms with E-state index < -0.39 is 0 Å². The Hall–Kier alpha value is -2.57. The van der Waals surface area contributed by atoms with Crippen LogP contribution in [0.4, 0.5) is 5.69 Å². The molecule has 7 heteroatoms. The maximum Gasteiger partial charge on any atom is 0.294 e. The molecule has 0 radical (unpaired) electrons. The fourth-order valence-corrected chi connectivity index (χ4v) is 2.30. The van der Waals surface area contributed by atoms with Gasteiger partial charge in [-0.2, -0.15) is 0 Å². The van der Waals surface area contributed by atoms with E-state index in [1.165, 1.54) is 13.2 Å². The van der Waals surface area contributed by atoms with Gasteiger partial charge in [-0.3, -0.25) is 14.2 Å². The first-order chi connectivity index (χ1) is 10.6. The van der Waals surface area contributed by atoms with Gasteiger partial charge in [0.1, 0.15) is 5.65 Å². The molecule has 0 bridgehead atoms. The maximum atomic E-state index is 12.6. The summed E-state index contributed by atoms with van der Waals surface area (Å²) >= 11 is 0. The summed E-state index contributed by atoms with van der Waals surface area (Å²) in [7, 11) is 1.52. The lowest BCUT2D eigenvalue weighted by atomic mass is 10.2. The summed E-state index contributed by atoms with van der Waals surface area (Å²) in [5.74, 6) is 0.359. The summed E-state index contributed by atoms with van der Waals surface area (Å²) in [5, 5.41) is 3.18. The van der Waals surface area contributed by atoms with E-state index in [1.807, 2.05) is 0 Å².